The number of hydrogen-bond donors (Lipinski definition) is 1. The molecule has 6 heteroatoms. The molecule has 1 unspecified atom stereocenters. The highest BCUT2D eigenvalue weighted by Crippen LogP contribution is 2.22. The fourth-order valence-corrected chi connectivity index (χ4v) is 2.80. The zero-order valence-electron chi connectivity index (χ0n) is 15.5. The van der Waals surface area contributed by atoms with Gasteiger partial charge in [0.15, 0.2) is 5.78 Å². The number of Topliss-reactive ketones (excluding diaryl/α,β-unsaturated/α-hetero) is 1. The quantitative estimate of drug-likeness (QED) is 0.801. The molecule has 0 saturated carbocycles. The van der Waals surface area contributed by atoms with Crippen molar-refractivity contribution in [1.29, 1.82) is 0 Å². The average Bonchev–Trinajstić information content (AvgIpc) is 2.55. The van der Waals surface area contributed by atoms with E-state index >= 15 is 0 Å². The van der Waals surface area contributed by atoms with Crippen LogP contribution in [0, 0.1) is 11.7 Å². The Balaban J connectivity index is 1.87. The molecule has 138 valence electrons. The number of ketones is 1. The van der Waals surface area contributed by atoms with Crippen LogP contribution in [0.3, 0.4) is 0 Å². The molecule has 25 heavy (non-hydrogen) atoms. The molecule has 1 heterocycles. The van der Waals surface area contributed by atoms with E-state index in [1.165, 1.54) is 13.0 Å². The highest BCUT2D eigenvalue weighted by molar-refractivity contribution is 5.94. The summed E-state index contributed by atoms with van der Waals surface area (Å²) in [5, 5.41) is 3.01. The highest BCUT2D eigenvalue weighted by Gasteiger charge is 2.22. The Labute approximate surface area is 149 Å². The van der Waals surface area contributed by atoms with Gasteiger partial charge in [0.25, 0.3) is 0 Å². The van der Waals surface area contributed by atoms with E-state index in [1.54, 1.807) is 12.1 Å². The highest BCUT2D eigenvalue weighted by atomic mass is 19.1. The van der Waals surface area contributed by atoms with Crippen LogP contribution in [0.2, 0.25) is 0 Å². The summed E-state index contributed by atoms with van der Waals surface area (Å²) in [6.07, 6.45) is 0. The molecule has 5 nitrogen and oxygen atoms in total. The molecule has 0 aromatic heterocycles. The molecule has 1 amide bonds. The zero-order chi connectivity index (χ0) is 18.6. The maximum atomic E-state index is 14.2. The Hall–Kier alpha value is -1.95. The first-order valence-corrected chi connectivity index (χ1v) is 8.85. The number of nitrogens with zero attached hydrogens (tertiary/aromatic N) is 2. The van der Waals surface area contributed by atoms with Gasteiger partial charge in [-0.2, -0.15) is 0 Å². The van der Waals surface area contributed by atoms with Crippen molar-refractivity contribution in [2.75, 3.05) is 37.6 Å². The maximum Gasteiger partial charge on any atom is 0.234 e. The van der Waals surface area contributed by atoms with Crippen LogP contribution in [-0.2, 0) is 4.79 Å². The summed E-state index contributed by atoms with van der Waals surface area (Å²) in [6.45, 7) is 10.7. The lowest BCUT2D eigenvalue weighted by atomic mass is 10.1. The summed E-state index contributed by atoms with van der Waals surface area (Å²) in [4.78, 5) is 27.4. The molecule has 0 aliphatic carbocycles. The predicted octanol–water partition coefficient (Wildman–Crippen LogP) is 2.31. The zero-order valence-corrected chi connectivity index (χ0v) is 15.5. The van der Waals surface area contributed by atoms with E-state index in [-0.39, 0.29) is 23.5 Å². The third-order valence-electron chi connectivity index (χ3n) is 4.82. The molecule has 1 aromatic carbocycles. The molecule has 1 N–H and O–H groups in total. The summed E-state index contributed by atoms with van der Waals surface area (Å²) in [5.74, 6) is -0.0741. The lowest BCUT2D eigenvalue weighted by Crippen LogP contribution is -2.51. The number of anilines is 1. The van der Waals surface area contributed by atoms with Crippen LogP contribution >= 0.6 is 0 Å². The van der Waals surface area contributed by atoms with Crippen LogP contribution in [0.1, 0.15) is 38.1 Å². The molecule has 1 fully saturated rings. The van der Waals surface area contributed by atoms with Crippen LogP contribution < -0.4 is 10.2 Å². The Morgan fingerprint density at radius 3 is 2.32 bits per heavy atom. The molecular formula is C19H28FN3O2. The summed E-state index contributed by atoms with van der Waals surface area (Å²) in [6, 6.07) is 4.78. The Morgan fingerprint density at radius 1 is 1.16 bits per heavy atom. The van der Waals surface area contributed by atoms with Gasteiger partial charge in [0.1, 0.15) is 5.82 Å². The van der Waals surface area contributed by atoms with Crippen molar-refractivity contribution in [2.24, 2.45) is 5.92 Å². The van der Waals surface area contributed by atoms with E-state index in [4.69, 9.17) is 0 Å². The lowest BCUT2D eigenvalue weighted by molar-refractivity contribution is -0.123. The maximum absolute atomic E-state index is 14.2. The van der Waals surface area contributed by atoms with Crippen molar-refractivity contribution < 1.29 is 14.0 Å². The van der Waals surface area contributed by atoms with E-state index in [9.17, 15) is 14.0 Å². The first-order valence-electron chi connectivity index (χ1n) is 8.85. The molecule has 2 rings (SSSR count). The van der Waals surface area contributed by atoms with Gasteiger partial charge < -0.3 is 10.2 Å². The van der Waals surface area contributed by atoms with E-state index in [1.807, 2.05) is 11.8 Å². The van der Waals surface area contributed by atoms with Gasteiger partial charge in [0, 0.05) is 37.8 Å². The van der Waals surface area contributed by atoms with E-state index in [0.717, 1.165) is 0 Å². The van der Waals surface area contributed by atoms with Crippen molar-refractivity contribution in [3.05, 3.63) is 29.6 Å². The number of carbonyl (C=O) groups excluding carboxylic acids is 2. The van der Waals surface area contributed by atoms with Crippen molar-refractivity contribution in [3.63, 3.8) is 0 Å². The first-order chi connectivity index (χ1) is 11.8. The van der Waals surface area contributed by atoms with Gasteiger partial charge in [-0.15, -0.1) is 0 Å². The molecule has 0 bridgehead atoms. The van der Waals surface area contributed by atoms with Crippen LogP contribution in [0.15, 0.2) is 18.2 Å². The van der Waals surface area contributed by atoms with Gasteiger partial charge in [0.2, 0.25) is 5.91 Å². The number of piperazine rings is 1. The minimum absolute atomic E-state index is 0.0339. The SMILES string of the molecule is CC(=O)c1ccc(N2CCN(CC(=O)NC(C)C(C)C)CC2)c(F)c1. The number of nitrogens with one attached hydrogen (secondary N) is 1. The second kappa shape index (κ2) is 8.43. The van der Waals surface area contributed by atoms with Crippen LogP contribution in [-0.4, -0.2) is 55.4 Å². The summed E-state index contributed by atoms with van der Waals surface area (Å²) in [5.41, 5.74) is 0.901. The molecule has 1 aromatic rings. The third-order valence-corrected chi connectivity index (χ3v) is 4.82. The molecule has 1 aliphatic rings. The van der Waals surface area contributed by atoms with E-state index in [2.05, 4.69) is 24.1 Å². The predicted molar refractivity (Wildman–Crippen MR) is 97.5 cm³/mol. The topological polar surface area (TPSA) is 52.7 Å². The molecule has 0 spiro atoms. The largest absolute Gasteiger partial charge is 0.367 e. The number of hydrogen-bond acceptors (Lipinski definition) is 4. The fourth-order valence-electron chi connectivity index (χ4n) is 2.80. The molecular weight excluding hydrogens is 321 g/mol. The minimum Gasteiger partial charge on any atom is -0.367 e. The Bertz CT molecular complexity index is 625. The number of amides is 1. The standard InChI is InChI=1S/C19H28FN3O2/c1-13(2)14(3)21-19(25)12-22-7-9-23(10-8-22)18-6-5-16(15(4)24)11-17(18)20/h5-6,11,13-14H,7-10,12H2,1-4H3,(H,21,25). The first kappa shape index (κ1) is 19.4. The van der Waals surface area contributed by atoms with Gasteiger partial charge in [-0.05, 0) is 38.0 Å². The van der Waals surface area contributed by atoms with Gasteiger partial charge >= 0.3 is 0 Å². The number of carbonyl (C=O) groups is 2. The normalized spacial score (nSPS) is 16.8. The van der Waals surface area contributed by atoms with Gasteiger partial charge in [-0.1, -0.05) is 13.8 Å². The molecule has 1 aliphatic heterocycles. The summed E-state index contributed by atoms with van der Waals surface area (Å²) < 4.78 is 14.2. The van der Waals surface area contributed by atoms with E-state index in [0.29, 0.717) is 49.9 Å². The molecule has 1 saturated heterocycles. The number of halogens is 1. The lowest BCUT2D eigenvalue weighted by Gasteiger charge is -2.36. The average molecular weight is 349 g/mol. The van der Waals surface area contributed by atoms with E-state index < -0.39 is 0 Å². The minimum atomic E-state index is -0.371. The van der Waals surface area contributed by atoms with Crippen molar-refractivity contribution in [1.82, 2.24) is 10.2 Å². The monoisotopic (exact) mass is 349 g/mol. The number of rotatable bonds is 6. The van der Waals surface area contributed by atoms with Crippen LogP contribution in [0.25, 0.3) is 0 Å². The second-order valence-electron chi connectivity index (χ2n) is 7.09. The number of benzene rings is 1. The van der Waals surface area contributed by atoms with Gasteiger partial charge in [-0.25, -0.2) is 4.39 Å². The van der Waals surface area contributed by atoms with Crippen LogP contribution in [0.4, 0.5) is 10.1 Å². The Morgan fingerprint density at radius 2 is 1.80 bits per heavy atom. The van der Waals surface area contributed by atoms with Gasteiger partial charge in [-0.3, -0.25) is 14.5 Å². The van der Waals surface area contributed by atoms with Crippen molar-refractivity contribution in [3.8, 4) is 0 Å². The molecule has 0 radical (unpaired) electrons. The Kier molecular flexibility index (Phi) is 6.53. The van der Waals surface area contributed by atoms with Crippen molar-refractivity contribution >= 4 is 17.4 Å². The molecule has 1 atom stereocenters. The third kappa shape index (κ3) is 5.26. The van der Waals surface area contributed by atoms with Crippen LogP contribution in [0.5, 0.6) is 0 Å². The smallest absolute Gasteiger partial charge is 0.234 e. The second-order valence-corrected chi connectivity index (χ2v) is 7.09. The summed E-state index contributed by atoms with van der Waals surface area (Å²) >= 11 is 0. The van der Waals surface area contributed by atoms with Crippen molar-refractivity contribution in [2.45, 2.75) is 33.7 Å². The van der Waals surface area contributed by atoms with Gasteiger partial charge in [0.05, 0.1) is 12.2 Å². The summed E-state index contributed by atoms with van der Waals surface area (Å²) in [7, 11) is 0. The fraction of sp³-hybridized carbons (Fsp3) is 0.579.